The Bertz CT molecular complexity index is 1020. The third-order valence-electron chi connectivity index (χ3n) is 3.60. The maximum absolute atomic E-state index is 13.4. The van der Waals surface area contributed by atoms with Crippen molar-refractivity contribution in [1.29, 1.82) is 0 Å². The van der Waals surface area contributed by atoms with Crippen LogP contribution in [0.2, 0.25) is 0 Å². The predicted octanol–water partition coefficient (Wildman–Crippen LogP) is 0.437. The molecule has 0 bridgehead atoms. The number of aromatic amines is 1. The zero-order chi connectivity index (χ0) is 22.3. The standard InChI is InChI=1S/C10H14BF2N2O11P3/c11-29(23,26-28(21,22)10(12,13)27(18,19)20)24-5-6-1-2-8(25-6)15-4-3-7(16)14-9(15)17/h3-4,6,8H,1-2,5H2,(H,21,22)(H,14,16,17)(H2,18,19,20)/q-1. The van der Waals surface area contributed by atoms with Crippen molar-refractivity contribution >= 4 is 30.2 Å². The lowest BCUT2D eigenvalue weighted by Gasteiger charge is -2.32. The molecular formula is C10H14BF2N2O11P3-. The van der Waals surface area contributed by atoms with Crippen LogP contribution in [0.25, 0.3) is 0 Å². The molecule has 1 aromatic heterocycles. The minimum atomic E-state index is -6.50. The van der Waals surface area contributed by atoms with Crippen molar-refractivity contribution in [2.45, 2.75) is 30.6 Å². The summed E-state index contributed by atoms with van der Waals surface area (Å²) in [7, 11) is -13.2. The summed E-state index contributed by atoms with van der Waals surface area (Å²) in [6, 6.07) is 1.07. The van der Waals surface area contributed by atoms with Crippen LogP contribution in [0.15, 0.2) is 21.9 Å². The highest BCUT2D eigenvalue weighted by Gasteiger charge is 2.65. The second-order valence-electron chi connectivity index (χ2n) is 5.80. The van der Waals surface area contributed by atoms with Gasteiger partial charge in [0.2, 0.25) is 0 Å². The van der Waals surface area contributed by atoms with Crippen molar-refractivity contribution in [2.24, 2.45) is 0 Å². The van der Waals surface area contributed by atoms with Crippen LogP contribution in [0, 0.1) is 0 Å². The van der Waals surface area contributed by atoms with Gasteiger partial charge in [0.1, 0.15) is 6.23 Å². The van der Waals surface area contributed by atoms with Crippen LogP contribution in [-0.4, -0.2) is 49.9 Å². The Morgan fingerprint density at radius 2 is 1.90 bits per heavy atom. The quantitative estimate of drug-likeness (QED) is 0.298. The van der Waals surface area contributed by atoms with Gasteiger partial charge in [-0.2, -0.15) is 8.78 Å². The number of hydrogen-bond donors (Lipinski definition) is 4. The Morgan fingerprint density at radius 1 is 1.28 bits per heavy atom. The van der Waals surface area contributed by atoms with E-state index in [1.165, 1.54) is 0 Å². The zero-order valence-corrected chi connectivity index (χ0v) is 16.8. The van der Waals surface area contributed by atoms with Gasteiger partial charge in [-0.3, -0.25) is 27.8 Å². The summed E-state index contributed by atoms with van der Waals surface area (Å²) in [4.78, 5) is 50.8. The summed E-state index contributed by atoms with van der Waals surface area (Å²) in [5.74, 6) is 0. The molecule has 29 heavy (non-hydrogen) atoms. The van der Waals surface area contributed by atoms with Gasteiger partial charge < -0.3 is 36.1 Å². The van der Waals surface area contributed by atoms with Gasteiger partial charge >= 0.3 is 26.3 Å². The molecule has 13 nitrogen and oxygen atoms in total. The van der Waals surface area contributed by atoms with E-state index in [2.05, 4.69) is 8.83 Å². The molecule has 0 spiro atoms. The molecule has 0 aliphatic carbocycles. The molecule has 1 aliphatic heterocycles. The Morgan fingerprint density at radius 3 is 2.45 bits per heavy atom. The van der Waals surface area contributed by atoms with Gasteiger partial charge in [0.25, 0.3) is 5.56 Å². The van der Waals surface area contributed by atoms with E-state index in [9.17, 15) is 32.1 Å². The highest BCUT2D eigenvalue weighted by molar-refractivity contribution is 7.86. The van der Waals surface area contributed by atoms with Crippen LogP contribution in [-0.2, 0) is 27.3 Å². The van der Waals surface area contributed by atoms with Crippen LogP contribution >= 0.6 is 22.7 Å². The van der Waals surface area contributed by atoms with E-state index in [-0.39, 0.29) is 12.8 Å². The lowest BCUT2D eigenvalue weighted by molar-refractivity contribution is -0.0208. The lowest BCUT2D eigenvalue weighted by atomic mass is 10.2. The number of hydrogen-bond acceptors (Lipinski definition) is 8. The van der Waals surface area contributed by atoms with Crippen LogP contribution in [0.4, 0.5) is 8.78 Å². The molecule has 4 unspecified atom stereocenters. The van der Waals surface area contributed by atoms with Crippen molar-refractivity contribution in [3.8, 4) is 0 Å². The summed E-state index contributed by atoms with van der Waals surface area (Å²) in [5.41, 5.74) is -1.40. The van der Waals surface area contributed by atoms with Crippen molar-refractivity contribution in [1.82, 2.24) is 9.55 Å². The van der Waals surface area contributed by atoms with Crippen molar-refractivity contribution < 1.29 is 50.7 Å². The normalized spacial score (nSPS) is 24.8. The molecule has 0 amide bonds. The Kier molecular flexibility index (Phi) is 6.96. The average Bonchev–Trinajstić information content (AvgIpc) is 2.99. The number of ether oxygens (including phenoxy) is 1. The van der Waals surface area contributed by atoms with E-state index in [0.29, 0.717) is 0 Å². The van der Waals surface area contributed by atoms with E-state index >= 15 is 0 Å². The van der Waals surface area contributed by atoms with E-state index in [1.807, 2.05) is 4.98 Å². The second kappa shape index (κ2) is 8.29. The summed E-state index contributed by atoms with van der Waals surface area (Å²) in [6.45, 7) is -0.691. The molecule has 2 rings (SSSR count). The highest BCUT2D eigenvalue weighted by atomic mass is 31.3. The SMILES string of the molecule is [B-]P(=O)(OCC1CCC(n2ccc(=O)[nH]c2=O)O1)OP(=O)(O)C(F)(F)P(=O)(O)O. The first kappa shape index (κ1) is 24.3. The van der Waals surface area contributed by atoms with Crippen LogP contribution in [0.5, 0.6) is 0 Å². The third kappa shape index (κ3) is 5.60. The van der Waals surface area contributed by atoms with E-state index < -0.39 is 58.3 Å². The van der Waals surface area contributed by atoms with E-state index in [4.69, 9.17) is 27.0 Å². The largest absolute Gasteiger partial charge is 0.444 e. The van der Waals surface area contributed by atoms with E-state index in [1.54, 1.807) is 0 Å². The summed E-state index contributed by atoms with van der Waals surface area (Å²) >= 11 is 0. The number of halogens is 2. The number of nitrogens with zero attached hydrogens (tertiary/aromatic N) is 1. The molecule has 4 atom stereocenters. The van der Waals surface area contributed by atoms with Gasteiger partial charge in [-0.1, -0.05) is 0 Å². The molecule has 19 heteroatoms. The lowest BCUT2D eigenvalue weighted by Crippen LogP contribution is -2.31. The van der Waals surface area contributed by atoms with Gasteiger partial charge in [0, 0.05) is 12.3 Å². The fourth-order valence-electron chi connectivity index (χ4n) is 2.25. The van der Waals surface area contributed by atoms with Gasteiger partial charge in [0.15, 0.2) is 0 Å². The Balaban J connectivity index is 2.00. The summed E-state index contributed by atoms with van der Waals surface area (Å²) < 4.78 is 75.3. The molecule has 0 aromatic carbocycles. The zero-order valence-electron chi connectivity index (χ0n) is 14.2. The fraction of sp³-hybridized carbons (Fsp3) is 0.600. The predicted molar refractivity (Wildman–Crippen MR) is 91.7 cm³/mol. The van der Waals surface area contributed by atoms with Crippen LogP contribution in [0.3, 0.4) is 0 Å². The van der Waals surface area contributed by atoms with Crippen LogP contribution < -0.4 is 11.2 Å². The molecule has 1 aliphatic rings. The van der Waals surface area contributed by atoms with Gasteiger partial charge in [-0.25, -0.2) is 4.79 Å². The molecule has 1 fully saturated rings. The highest BCUT2D eigenvalue weighted by Crippen LogP contribution is 2.77. The first-order valence-corrected chi connectivity index (χ1v) is 12.3. The van der Waals surface area contributed by atoms with Gasteiger partial charge in [0.05, 0.1) is 20.2 Å². The molecular weight excluding hydrogens is 466 g/mol. The average molecular weight is 480 g/mol. The molecule has 1 saturated heterocycles. The Hall–Kier alpha value is -0.945. The van der Waals surface area contributed by atoms with Gasteiger partial charge in [-0.05, 0) is 12.8 Å². The molecule has 163 valence electrons. The first-order chi connectivity index (χ1) is 13.1. The maximum atomic E-state index is 13.4. The number of H-pyrrole nitrogens is 1. The van der Waals surface area contributed by atoms with Crippen molar-refractivity contribution in [3.05, 3.63) is 33.1 Å². The molecule has 4 N–H and O–H groups in total. The van der Waals surface area contributed by atoms with Gasteiger partial charge in [-0.15, -0.1) is 0 Å². The smallest absolute Gasteiger partial charge is 0.443 e. The second-order valence-corrected chi connectivity index (χ2v) is 11.4. The van der Waals surface area contributed by atoms with Crippen molar-refractivity contribution in [2.75, 3.05) is 6.61 Å². The molecule has 0 saturated carbocycles. The van der Waals surface area contributed by atoms with E-state index in [0.717, 1.165) is 16.8 Å². The minimum Gasteiger partial charge on any atom is -0.443 e. The minimum absolute atomic E-state index is 0.186. The van der Waals surface area contributed by atoms with Crippen LogP contribution in [0.1, 0.15) is 19.1 Å². The fourth-order valence-corrected chi connectivity index (χ4v) is 6.08. The first-order valence-electron chi connectivity index (χ1n) is 7.53. The van der Waals surface area contributed by atoms with Crippen molar-refractivity contribution in [3.63, 3.8) is 0 Å². The third-order valence-corrected chi connectivity index (χ3v) is 8.83. The number of aromatic nitrogens is 2. The topological polar surface area (TPSA) is 194 Å². The number of rotatable bonds is 8. The number of alkyl halides is 2. The molecule has 3 radical (unpaired) electrons. The summed E-state index contributed by atoms with van der Waals surface area (Å²) in [6.07, 6.45) is -0.178. The number of nitrogens with one attached hydrogen (secondary N) is 1. The monoisotopic (exact) mass is 480 g/mol. The summed E-state index contributed by atoms with van der Waals surface area (Å²) in [5, 5.41) is -5.57. The molecule has 2 heterocycles. The Labute approximate surface area is 161 Å². The molecule has 1 aromatic rings. The maximum Gasteiger partial charge on any atom is 0.444 e.